The van der Waals surface area contributed by atoms with Gasteiger partial charge in [0.2, 0.25) is 23.6 Å². The van der Waals surface area contributed by atoms with Crippen molar-refractivity contribution in [1.29, 1.82) is 0 Å². The highest BCUT2D eigenvalue weighted by Crippen LogP contribution is 2.46. The van der Waals surface area contributed by atoms with Crippen molar-refractivity contribution >= 4 is 52.6 Å². The molecule has 264 valence electrons. The molecule has 0 aromatic heterocycles. The Labute approximate surface area is 299 Å². The van der Waals surface area contributed by atoms with Crippen LogP contribution in [0, 0.1) is 5.41 Å². The summed E-state index contributed by atoms with van der Waals surface area (Å²) >= 11 is 7.26. The van der Waals surface area contributed by atoms with Crippen LogP contribution in [0.15, 0.2) is 60.7 Å². The van der Waals surface area contributed by atoms with Crippen molar-refractivity contribution in [2.24, 2.45) is 5.41 Å². The van der Waals surface area contributed by atoms with Gasteiger partial charge in [0.25, 0.3) is 0 Å². The molecule has 3 aliphatic rings. The van der Waals surface area contributed by atoms with Crippen LogP contribution >= 0.6 is 24.0 Å². The minimum absolute atomic E-state index is 0.00115. The molecule has 2 saturated heterocycles. The fourth-order valence-corrected chi connectivity index (χ4v) is 9.01. The number of amides is 4. The number of fused-ring (bicyclic) bond motifs is 1. The van der Waals surface area contributed by atoms with Crippen molar-refractivity contribution in [3.8, 4) is 0 Å². The average molecular weight is 707 g/mol. The van der Waals surface area contributed by atoms with E-state index in [2.05, 4.69) is 26.6 Å². The molecule has 2 aliphatic heterocycles. The SMILES string of the molecule is CN[C@@H](C)C(=S)N[C@H]1CCS[C@H]2CC(C)(C)[C@@H](C(=O)N[C@H](C(=O)N[C@H]3CC[C@H](NC(=O)Cc4ccccc4)CC3)c3ccccc3)N2C1=O. The van der Waals surface area contributed by atoms with Gasteiger partial charge in [0, 0.05) is 12.1 Å². The van der Waals surface area contributed by atoms with Gasteiger partial charge in [-0.05, 0) is 74.8 Å². The molecule has 10 nitrogen and oxygen atoms in total. The predicted octanol–water partition coefficient (Wildman–Crippen LogP) is 3.61. The molecule has 0 radical (unpaired) electrons. The van der Waals surface area contributed by atoms with Crippen molar-refractivity contribution in [2.75, 3.05) is 12.8 Å². The second kappa shape index (κ2) is 16.5. The maximum atomic E-state index is 14.3. The Morgan fingerprint density at radius 3 is 2.16 bits per heavy atom. The molecule has 0 spiro atoms. The summed E-state index contributed by atoms with van der Waals surface area (Å²) in [6.07, 6.45) is 4.57. The molecule has 3 fully saturated rings. The van der Waals surface area contributed by atoms with E-state index in [0.717, 1.165) is 37.0 Å². The van der Waals surface area contributed by atoms with Crippen LogP contribution in [0.2, 0.25) is 0 Å². The van der Waals surface area contributed by atoms with Crippen molar-refractivity contribution in [3.05, 3.63) is 71.8 Å². The smallest absolute Gasteiger partial charge is 0.247 e. The zero-order chi connectivity index (χ0) is 35.1. The lowest BCUT2D eigenvalue weighted by Gasteiger charge is -2.35. The third-order valence-electron chi connectivity index (χ3n) is 10.0. The number of likely N-dealkylation sites (N-methyl/N-ethyl adjacent to an activating group) is 1. The number of nitrogens with one attached hydrogen (secondary N) is 5. The number of thiocarbonyl (C=S) groups is 1. The third kappa shape index (κ3) is 9.20. The summed E-state index contributed by atoms with van der Waals surface area (Å²) in [7, 11) is 1.82. The van der Waals surface area contributed by atoms with Gasteiger partial charge in [-0.3, -0.25) is 19.2 Å². The van der Waals surface area contributed by atoms with E-state index in [1.54, 1.807) is 16.7 Å². The van der Waals surface area contributed by atoms with E-state index >= 15 is 0 Å². The maximum Gasteiger partial charge on any atom is 0.247 e. The van der Waals surface area contributed by atoms with Crippen LogP contribution in [0.1, 0.15) is 76.5 Å². The fraction of sp³-hybridized carbons (Fsp3) is 0.541. The van der Waals surface area contributed by atoms with Crippen LogP contribution < -0.4 is 26.6 Å². The van der Waals surface area contributed by atoms with Crippen LogP contribution in [0.5, 0.6) is 0 Å². The molecular weight excluding hydrogens is 657 g/mol. The summed E-state index contributed by atoms with van der Waals surface area (Å²) < 4.78 is 0. The Bertz CT molecular complexity index is 1480. The number of benzene rings is 2. The lowest BCUT2D eigenvalue weighted by atomic mass is 9.83. The summed E-state index contributed by atoms with van der Waals surface area (Å²) in [6.45, 7) is 5.98. The second-order valence-corrected chi connectivity index (χ2v) is 15.9. The highest BCUT2D eigenvalue weighted by atomic mass is 32.2. The van der Waals surface area contributed by atoms with Gasteiger partial charge in [-0.2, -0.15) is 0 Å². The minimum Gasteiger partial charge on any atom is -0.367 e. The Kier molecular flexibility index (Phi) is 12.4. The standard InChI is InChI=1S/C37H50N6O4S2/c1-23(38-4)35(48)41-28-19-20-49-30-22-37(2,3)32(43(30)36(28)47)34(46)42-31(25-13-9-6-10-14-25)33(45)40-27-17-15-26(16-18-27)39-29(44)21-24-11-7-5-8-12-24/h5-14,23,26-28,30-32,38H,15-22H2,1-4H3,(H,39,44)(H,40,45)(H,41,48)(H,42,46)/t23-,26-,27-,28-,30-,31-,32+/m0/s1. The summed E-state index contributed by atoms with van der Waals surface area (Å²) in [5, 5.41) is 15.6. The molecule has 1 saturated carbocycles. The third-order valence-corrected chi connectivity index (χ3v) is 11.7. The van der Waals surface area contributed by atoms with E-state index < -0.39 is 23.5 Å². The van der Waals surface area contributed by atoms with Crippen LogP contribution in [0.25, 0.3) is 0 Å². The first-order chi connectivity index (χ1) is 23.5. The van der Waals surface area contributed by atoms with E-state index in [0.29, 0.717) is 29.8 Å². The Hall–Kier alpha value is -3.48. The number of carbonyl (C=O) groups is 4. The zero-order valence-electron chi connectivity index (χ0n) is 28.9. The molecule has 12 heteroatoms. The normalized spacial score (nSPS) is 26.0. The zero-order valence-corrected chi connectivity index (χ0v) is 30.5. The molecule has 0 bridgehead atoms. The molecule has 4 amide bonds. The maximum absolute atomic E-state index is 14.3. The van der Waals surface area contributed by atoms with Gasteiger partial charge in [-0.15, -0.1) is 11.8 Å². The number of nitrogens with zero attached hydrogens (tertiary/aromatic N) is 1. The van der Waals surface area contributed by atoms with Gasteiger partial charge in [0.15, 0.2) is 0 Å². The number of carbonyl (C=O) groups excluding carboxylic acids is 4. The van der Waals surface area contributed by atoms with Gasteiger partial charge in [0.1, 0.15) is 18.1 Å². The van der Waals surface area contributed by atoms with E-state index in [-0.39, 0.29) is 47.1 Å². The van der Waals surface area contributed by atoms with Gasteiger partial charge in [-0.1, -0.05) is 86.7 Å². The van der Waals surface area contributed by atoms with E-state index in [1.807, 2.05) is 88.5 Å². The quantitative estimate of drug-likeness (QED) is 0.224. The van der Waals surface area contributed by atoms with E-state index in [4.69, 9.17) is 12.2 Å². The Morgan fingerprint density at radius 2 is 1.53 bits per heavy atom. The second-order valence-electron chi connectivity index (χ2n) is 14.2. The molecule has 1 aliphatic carbocycles. The molecule has 2 heterocycles. The minimum atomic E-state index is -0.931. The topological polar surface area (TPSA) is 132 Å². The van der Waals surface area contributed by atoms with Crippen LogP contribution in [-0.2, 0) is 25.6 Å². The molecule has 5 rings (SSSR count). The van der Waals surface area contributed by atoms with Crippen LogP contribution in [-0.4, -0.2) is 81.9 Å². The Morgan fingerprint density at radius 1 is 0.918 bits per heavy atom. The highest BCUT2D eigenvalue weighted by Gasteiger charge is 2.54. The first kappa shape index (κ1) is 36.8. The molecule has 5 N–H and O–H groups in total. The van der Waals surface area contributed by atoms with Crippen LogP contribution in [0.4, 0.5) is 0 Å². The fourth-order valence-electron chi connectivity index (χ4n) is 7.17. The first-order valence-corrected chi connectivity index (χ1v) is 18.8. The van der Waals surface area contributed by atoms with Crippen LogP contribution in [0.3, 0.4) is 0 Å². The van der Waals surface area contributed by atoms with Gasteiger partial charge in [0.05, 0.1) is 22.8 Å². The average Bonchev–Trinajstić information content (AvgIpc) is 3.28. The van der Waals surface area contributed by atoms with Crippen molar-refractivity contribution in [3.63, 3.8) is 0 Å². The number of hydrogen-bond donors (Lipinski definition) is 5. The molecule has 2 aromatic rings. The molecule has 49 heavy (non-hydrogen) atoms. The lowest BCUT2D eigenvalue weighted by Crippen LogP contribution is -2.58. The molecule has 2 aromatic carbocycles. The highest BCUT2D eigenvalue weighted by molar-refractivity contribution is 7.99. The molecular formula is C37H50N6O4S2. The Balaban J connectivity index is 1.25. The summed E-state index contributed by atoms with van der Waals surface area (Å²) in [5.41, 5.74) is 1.13. The number of thioether (sulfide) groups is 1. The van der Waals surface area contributed by atoms with Crippen molar-refractivity contribution in [2.45, 2.75) is 107 Å². The predicted molar refractivity (Wildman–Crippen MR) is 198 cm³/mol. The van der Waals surface area contributed by atoms with Gasteiger partial charge in [-0.25, -0.2) is 0 Å². The number of rotatable bonds is 11. The monoisotopic (exact) mass is 706 g/mol. The van der Waals surface area contributed by atoms with Crippen molar-refractivity contribution in [1.82, 2.24) is 31.5 Å². The van der Waals surface area contributed by atoms with Crippen molar-refractivity contribution < 1.29 is 19.2 Å². The van der Waals surface area contributed by atoms with Gasteiger partial charge < -0.3 is 31.5 Å². The molecule has 5 atom stereocenters. The summed E-state index contributed by atoms with van der Waals surface area (Å²) in [5.74, 6) is -0.00597. The summed E-state index contributed by atoms with van der Waals surface area (Å²) in [4.78, 5) is 57.3. The van der Waals surface area contributed by atoms with Gasteiger partial charge >= 0.3 is 0 Å². The van der Waals surface area contributed by atoms with E-state index in [9.17, 15) is 19.2 Å². The lowest BCUT2D eigenvalue weighted by molar-refractivity contribution is -0.143. The van der Waals surface area contributed by atoms with E-state index in [1.165, 1.54) is 0 Å². The molecule has 0 unspecified atom stereocenters. The summed E-state index contributed by atoms with van der Waals surface area (Å²) in [6, 6.07) is 16.6. The first-order valence-electron chi connectivity index (χ1n) is 17.4. The number of hydrogen-bond acceptors (Lipinski definition) is 7. The largest absolute Gasteiger partial charge is 0.367 e.